The minimum absolute atomic E-state index is 0.0274. The van der Waals surface area contributed by atoms with E-state index in [4.69, 9.17) is 25.3 Å². The van der Waals surface area contributed by atoms with Gasteiger partial charge in [0.05, 0.1) is 14.2 Å². The molecule has 0 spiro atoms. The largest absolute Gasteiger partial charge is 0.493 e. The lowest BCUT2D eigenvalue weighted by atomic mass is 10.1. The number of benzene rings is 2. The number of hydrogen-bond acceptors (Lipinski definition) is 5. The van der Waals surface area contributed by atoms with Crippen LogP contribution in [0.1, 0.15) is 11.1 Å². The zero-order valence-electron chi connectivity index (χ0n) is 13.2. The van der Waals surface area contributed by atoms with Crippen molar-refractivity contribution in [3.8, 4) is 17.2 Å². The summed E-state index contributed by atoms with van der Waals surface area (Å²) in [7, 11) is -1.09. The molecule has 0 heterocycles. The average molecular weight is 357 g/mol. The molecular weight excluding hydrogens is 340 g/mol. The lowest BCUT2D eigenvalue weighted by Gasteiger charge is -2.12. The van der Waals surface area contributed by atoms with Gasteiger partial charge in [-0.1, -0.05) is 11.6 Å². The molecule has 7 heteroatoms. The van der Waals surface area contributed by atoms with E-state index in [0.717, 1.165) is 11.1 Å². The number of ether oxygens (including phenoxy) is 2. The summed E-state index contributed by atoms with van der Waals surface area (Å²) < 4.78 is 40.3. The number of hydrogen-bond donors (Lipinski definition) is 0. The van der Waals surface area contributed by atoms with Gasteiger partial charge in [0.1, 0.15) is 10.6 Å². The second-order valence-electron chi connectivity index (χ2n) is 4.93. The smallest absolute Gasteiger partial charge is 0.339 e. The third-order valence-corrected chi connectivity index (χ3v) is 5.10. The standard InChI is InChI=1S/C16H17ClO5S/c1-10-7-12(8-11(2)16(10)17)22-23(18,19)13-5-6-14(20-3)15(9-13)21-4/h5-9H,1-4H3. The maximum atomic E-state index is 12.4. The van der Waals surface area contributed by atoms with Crippen LogP contribution < -0.4 is 13.7 Å². The van der Waals surface area contributed by atoms with Crippen molar-refractivity contribution in [2.45, 2.75) is 18.7 Å². The highest BCUT2D eigenvalue weighted by molar-refractivity contribution is 7.87. The van der Waals surface area contributed by atoms with Gasteiger partial charge < -0.3 is 13.7 Å². The van der Waals surface area contributed by atoms with E-state index in [9.17, 15) is 8.42 Å². The minimum Gasteiger partial charge on any atom is -0.493 e. The summed E-state index contributed by atoms with van der Waals surface area (Å²) in [5.41, 5.74) is 1.48. The highest BCUT2D eigenvalue weighted by atomic mass is 35.5. The molecule has 0 unspecified atom stereocenters. The molecule has 0 aliphatic heterocycles. The van der Waals surface area contributed by atoms with Crippen LogP contribution in [0.25, 0.3) is 0 Å². The summed E-state index contributed by atoms with van der Waals surface area (Å²) in [4.78, 5) is -0.0274. The van der Waals surface area contributed by atoms with E-state index in [2.05, 4.69) is 0 Å². The number of methoxy groups -OCH3 is 2. The van der Waals surface area contributed by atoms with E-state index in [-0.39, 0.29) is 10.6 Å². The van der Waals surface area contributed by atoms with Crippen molar-refractivity contribution in [2.24, 2.45) is 0 Å². The normalized spacial score (nSPS) is 11.2. The molecule has 2 aromatic rings. The third-order valence-electron chi connectivity index (χ3n) is 3.26. The molecule has 0 amide bonds. The Balaban J connectivity index is 2.39. The highest BCUT2D eigenvalue weighted by Gasteiger charge is 2.20. The van der Waals surface area contributed by atoms with Crippen LogP contribution in [0.15, 0.2) is 35.2 Å². The Kier molecular flexibility index (Phi) is 5.06. The Hall–Kier alpha value is -1.92. The van der Waals surface area contributed by atoms with Gasteiger partial charge in [0.25, 0.3) is 0 Å². The van der Waals surface area contributed by atoms with Crippen LogP contribution in [0.5, 0.6) is 17.2 Å². The van der Waals surface area contributed by atoms with Crippen LogP contribution in [0.4, 0.5) is 0 Å². The van der Waals surface area contributed by atoms with E-state index in [1.807, 2.05) is 0 Å². The fraction of sp³-hybridized carbons (Fsp3) is 0.250. The van der Waals surface area contributed by atoms with Gasteiger partial charge in [-0.2, -0.15) is 8.42 Å². The molecule has 0 aliphatic carbocycles. The second-order valence-corrected chi connectivity index (χ2v) is 6.85. The molecule has 5 nitrogen and oxygen atoms in total. The van der Waals surface area contributed by atoms with Gasteiger partial charge in [0.2, 0.25) is 0 Å². The van der Waals surface area contributed by atoms with Crippen molar-refractivity contribution < 1.29 is 22.1 Å². The lowest BCUT2D eigenvalue weighted by molar-refractivity contribution is 0.353. The monoisotopic (exact) mass is 356 g/mol. The van der Waals surface area contributed by atoms with Crippen molar-refractivity contribution in [1.82, 2.24) is 0 Å². The number of rotatable bonds is 5. The molecule has 0 fully saturated rings. The molecule has 0 N–H and O–H groups in total. The summed E-state index contributed by atoms with van der Waals surface area (Å²) in [6, 6.07) is 7.41. The molecule has 0 saturated carbocycles. The summed E-state index contributed by atoms with van der Waals surface area (Å²) in [6.07, 6.45) is 0. The van der Waals surface area contributed by atoms with Crippen LogP contribution in [0.2, 0.25) is 5.02 Å². The van der Waals surface area contributed by atoms with E-state index in [0.29, 0.717) is 16.5 Å². The summed E-state index contributed by atoms with van der Waals surface area (Å²) >= 11 is 6.08. The Morgan fingerprint density at radius 2 is 1.48 bits per heavy atom. The molecule has 0 atom stereocenters. The first-order chi connectivity index (χ1) is 10.8. The SMILES string of the molecule is COc1ccc(S(=O)(=O)Oc2cc(C)c(Cl)c(C)c2)cc1OC. The maximum absolute atomic E-state index is 12.4. The number of aryl methyl sites for hydroxylation is 2. The molecule has 2 aromatic carbocycles. The Morgan fingerprint density at radius 3 is 2.00 bits per heavy atom. The van der Waals surface area contributed by atoms with E-state index >= 15 is 0 Å². The topological polar surface area (TPSA) is 61.8 Å². The first kappa shape index (κ1) is 17.4. The Morgan fingerprint density at radius 1 is 0.913 bits per heavy atom. The lowest BCUT2D eigenvalue weighted by Crippen LogP contribution is -2.10. The molecule has 2 rings (SSSR count). The van der Waals surface area contributed by atoms with E-state index < -0.39 is 10.1 Å². The molecule has 0 saturated heterocycles. The van der Waals surface area contributed by atoms with Crippen molar-refractivity contribution in [1.29, 1.82) is 0 Å². The van der Waals surface area contributed by atoms with Crippen LogP contribution in [0.3, 0.4) is 0 Å². The first-order valence-corrected chi connectivity index (χ1v) is 8.50. The van der Waals surface area contributed by atoms with Crippen molar-refractivity contribution in [3.05, 3.63) is 46.5 Å². The molecule has 0 aliphatic rings. The van der Waals surface area contributed by atoms with Gasteiger partial charge in [-0.05, 0) is 49.2 Å². The van der Waals surface area contributed by atoms with Crippen molar-refractivity contribution in [2.75, 3.05) is 14.2 Å². The van der Waals surface area contributed by atoms with Crippen LogP contribution in [-0.4, -0.2) is 22.6 Å². The summed E-state index contributed by atoms with van der Waals surface area (Å²) in [5.74, 6) is 0.949. The average Bonchev–Trinajstić information content (AvgIpc) is 2.51. The fourth-order valence-corrected chi connectivity index (χ4v) is 3.14. The minimum atomic E-state index is -4.00. The summed E-state index contributed by atoms with van der Waals surface area (Å²) in [5, 5.41) is 0.584. The van der Waals surface area contributed by atoms with E-state index in [1.54, 1.807) is 26.0 Å². The molecule has 124 valence electrons. The van der Waals surface area contributed by atoms with Gasteiger partial charge in [-0.25, -0.2) is 0 Å². The summed E-state index contributed by atoms with van der Waals surface area (Å²) in [6.45, 7) is 3.57. The first-order valence-electron chi connectivity index (χ1n) is 6.71. The zero-order valence-corrected chi connectivity index (χ0v) is 14.8. The molecule has 23 heavy (non-hydrogen) atoms. The quantitative estimate of drug-likeness (QED) is 0.764. The van der Waals surface area contributed by atoms with Gasteiger partial charge in [0.15, 0.2) is 11.5 Å². The van der Waals surface area contributed by atoms with Gasteiger partial charge in [-0.15, -0.1) is 0 Å². The van der Waals surface area contributed by atoms with E-state index in [1.165, 1.54) is 32.4 Å². The fourth-order valence-electron chi connectivity index (χ4n) is 2.10. The van der Waals surface area contributed by atoms with Crippen LogP contribution in [-0.2, 0) is 10.1 Å². The Bertz CT molecular complexity index is 807. The molecule has 0 bridgehead atoms. The molecule has 0 radical (unpaired) electrons. The third kappa shape index (κ3) is 3.71. The van der Waals surface area contributed by atoms with Crippen molar-refractivity contribution in [3.63, 3.8) is 0 Å². The Labute approximate surface area is 140 Å². The number of halogens is 1. The molecule has 0 aromatic heterocycles. The zero-order chi connectivity index (χ0) is 17.2. The van der Waals surface area contributed by atoms with Crippen LogP contribution >= 0.6 is 11.6 Å². The predicted octanol–water partition coefficient (Wildman–Crippen LogP) is 3.74. The molecular formula is C16H17ClO5S. The van der Waals surface area contributed by atoms with Gasteiger partial charge >= 0.3 is 10.1 Å². The van der Waals surface area contributed by atoms with Crippen LogP contribution in [0, 0.1) is 13.8 Å². The highest BCUT2D eigenvalue weighted by Crippen LogP contribution is 2.32. The predicted molar refractivity (Wildman–Crippen MR) is 88.3 cm³/mol. The van der Waals surface area contributed by atoms with Gasteiger partial charge in [0, 0.05) is 11.1 Å². The van der Waals surface area contributed by atoms with Crippen molar-refractivity contribution >= 4 is 21.7 Å². The van der Waals surface area contributed by atoms with Gasteiger partial charge in [-0.3, -0.25) is 0 Å². The second kappa shape index (κ2) is 6.68. The maximum Gasteiger partial charge on any atom is 0.339 e.